The highest BCUT2D eigenvalue weighted by Crippen LogP contribution is 2.22. The highest BCUT2D eigenvalue weighted by atomic mass is 16.1. The molecule has 1 fully saturated rings. The fraction of sp³-hybridized carbons (Fsp3) is 0.562. The fourth-order valence-corrected chi connectivity index (χ4v) is 2.58. The first-order valence-electron chi connectivity index (χ1n) is 7.26. The normalized spacial score (nSPS) is 17.1. The molecule has 104 valence electrons. The average molecular weight is 260 g/mol. The molecule has 0 radical (unpaired) electrons. The van der Waals surface area contributed by atoms with Crippen molar-refractivity contribution in [2.45, 2.75) is 39.0 Å². The summed E-state index contributed by atoms with van der Waals surface area (Å²) in [4.78, 5) is 13.4. The molecule has 19 heavy (non-hydrogen) atoms. The summed E-state index contributed by atoms with van der Waals surface area (Å²) < 4.78 is 0. The Balaban J connectivity index is 1.95. The molecule has 1 aliphatic heterocycles. The van der Waals surface area contributed by atoms with Crippen molar-refractivity contribution in [1.29, 1.82) is 0 Å². The van der Waals surface area contributed by atoms with Gasteiger partial charge < -0.3 is 10.2 Å². The molecule has 1 saturated heterocycles. The largest absolute Gasteiger partial charge is 0.372 e. The van der Waals surface area contributed by atoms with E-state index >= 15 is 0 Å². The number of hydrogen-bond acceptors (Lipinski definition) is 2. The lowest BCUT2D eigenvalue weighted by molar-refractivity contribution is -0.119. The molecule has 0 aromatic heterocycles. The number of benzene rings is 1. The smallest absolute Gasteiger partial charge is 0.216 e. The highest BCUT2D eigenvalue weighted by Gasteiger charge is 2.11. The highest BCUT2D eigenvalue weighted by molar-refractivity contribution is 5.72. The third kappa shape index (κ3) is 3.98. The SMILES string of the molecule is CC(=O)NCC(C)c1ccc(N2CCCCC2)cc1. The molecule has 1 N–H and O–H groups in total. The number of carbonyl (C=O) groups excluding carboxylic acids is 1. The molecular weight excluding hydrogens is 236 g/mol. The summed E-state index contributed by atoms with van der Waals surface area (Å²) in [6.07, 6.45) is 3.98. The molecule has 1 atom stereocenters. The molecule has 1 aromatic rings. The number of amides is 1. The maximum Gasteiger partial charge on any atom is 0.216 e. The summed E-state index contributed by atoms with van der Waals surface area (Å²) in [5.74, 6) is 0.399. The lowest BCUT2D eigenvalue weighted by Crippen LogP contribution is -2.29. The number of rotatable bonds is 4. The molecule has 1 aliphatic rings. The Morgan fingerprint density at radius 3 is 2.42 bits per heavy atom. The zero-order chi connectivity index (χ0) is 13.7. The summed E-state index contributed by atoms with van der Waals surface area (Å²) in [5, 5.41) is 2.87. The molecule has 1 heterocycles. The van der Waals surface area contributed by atoms with Crippen LogP contribution in [0.5, 0.6) is 0 Å². The molecule has 1 aromatic carbocycles. The number of carbonyl (C=O) groups is 1. The van der Waals surface area contributed by atoms with E-state index < -0.39 is 0 Å². The van der Waals surface area contributed by atoms with Gasteiger partial charge in [0.25, 0.3) is 0 Å². The maximum absolute atomic E-state index is 10.9. The second kappa shape index (κ2) is 6.60. The quantitative estimate of drug-likeness (QED) is 0.902. The Bertz CT molecular complexity index is 407. The van der Waals surface area contributed by atoms with Gasteiger partial charge in [-0.25, -0.2) is 0 Å². The van der Waals surface area contributed by atoms with E-state index in [4.69, 9.17) is 0 Å². The second-order valence-corrected chi connectivity index (χ2v) is 5.48. The second-order valence-electron chi connectivity index (χ2n) is 5.48. The van der Waals surface area contributed by atoms with Gasteiger partial charge in [0, 0.05) is 32.2 Å². The van der Waals surface area contributed by atoms with E-state index in [1.807, 2.05) is 0 Å². The number of piperidine rings is 1. The Morgan fingerprint density at radius 2 is 1.84 bits per heavy atom. The Morgan fingerprint density at radius 1 is 1.21 bits per heavy atom. The van der Waals surface area contributed by atoms with Gasteiger partial charge in [-0.3, -0.25) is 4.79 Å². The van der Waals surface area contributed by atoms with Crippen LogP contribution < -0.4 is 10.2 Å². The van der Waals surface area contributed by atoms with E-state index in [9.17, 15) is 4.79 Å². The van der Waals surface area contributed by atoms with E-state index in [-0.39, 0.29) is 5.91 Å². The van der Waals surface area contributed by atoms with Gasteiger partial charge in [0.1, 0.15) is 0 Å². The van der Waals surface area contributed by atoms with Crippen LogP contribution >= 0.6 is 0 Å². The molecule has 0 saturated carbocycles. The van der Waals surface area contributed by atoms with Crippen molar-refractivity contribution in [3.05, 3.63) is 29.8 Å². The minimum atomic E-state index is 0.0387. The molecule has 0 bridgehead atoms. The number of hydrogen-bond donors (Lipinski definition) is 1. The standard InChI is InChI=1S/C16H24N2O/c1-13(12-17-14(2)19)15-6-8-16(9-7-15)18-10-4-3-5-11-18/h6-9,13H,3-5,10-12H2,1-2H3,(H,17,19). The molecule has 1 amide bonds. The van der Waals surface area contributed by atoms with E-state index in [1.54, 1.807) is 6.92 Å². The van der Waals surface area contributed by atoms with Crippen LogP contribution in [-0.2, 0) is 4.79 Å². The van der Waals surface area contributed by atoms with Gasteiger partial charge in [0.2, 0.25) is 5.91 Å². The predicted octanol–water partition coefficient (Wildman–Crippen LogP) is 2.92. The van der Waals surface area contributed by atoms with Crippen molar-refractivity contribution in [1.82, 2.24) is 5.32 Å². The molecule has 3 nitrogen and oxygen atoms in total. The maximum atomic E-state index is 10.9. The zero-order valence-corrected chi connectivity index (χ0v) is 12.0. The average Bonchev–Trinajstić information content (AvgIpc) is 2.46. The third-order valence-corrected chi connectivity index (χ3v) is 3.84. The lowest BCUT2D eigenvalue weighted by Gasteiger charge is -2.29. The zero-order valence-electron chi connectivity index (χ0n) is 12.0. The monoisotopic (exact) mass is 260 g/mol. The Hall–Kier alpha value is -1.51. The van der Waals surface area contributed by atoms with Gasteiger partial charge in [-0.2, -0.15) is 0 Å². The van der Waals surface area contributed by atoms with E-state index in [0.29, 0.717) is 12.5 Å². The molecular formula is C16H24N2O. The van der Waals surface area contributed by atoms with Gasteiger partial charge in [-0.05, 0) is 42.9 Å². The first-order valence-corrected chi connectivity index (χ1v) is 7.26. The van der Waals surface area contributed by atoms with E-state index in [1.165, 1.54) is 43.6 Å². The van der Waals surface area contributed by atoms with Gasteiger partial charge in [-0.1, -0.05) is 19.1 Å². The lowest BCUT2D eigenvalue weighted by atomic mass is 10.0. The number of nitrogens with zero attached hydrogens (tertiary/aromatic N) is 1. The molecule has 2 rings (SSSR count). The van der Waals surface area contributed by atoms with Crippen LogP contribution in [0.15, 0.2) is 24.3 Å². The summed E-state index contributed by atoms with van der Waals surface area (Å²) in [6, 6.07) is 8.81. The Labute approximate surface area is 116 Å². The van der Waals surface area contributed by atoms with Crippen molar-refractivity contribution in [3.63, 3.8) is 0 Å². The van der Waals surface area contributed by atoms with Crippen LogP contribution in [0.2, 0.25) is 0 Å². The number of nitrogens with one attached hydrogen (secondary N) is 1. The molecule has 0 spiro atoms. The number of anilines is 1. The van der Waals surface area contributed by atoms with Crippen LogP contribution in [0.3, 0.4) is 0 Å². The third-order valence-electron chi connectivity index (χ3n) is 3.84. The first-order chi connectivity index (χ1) is 9.16. The fourth-order valence-electron chi connectivity index (χ4n) is 2.58. The first kappa shape index (κ1) is 13.9. The summed E-state index contributed by atoms with van der Waals surface area (Å²) >= 11 is 0. The van der Waals surface area contributed by atoms with Crippen LogP contribution in [0.1, 0.15) is 44.6 Å². The van der Waals surface area contributed by atoms with Crippen molar-refractivity contribution in [2.75, 3.05) is 24.5 Å². The van der Waals surface area contributed by atoms with Crippen molar-refractivity contribution in [2.24, 2.45) is 0 Å². The van der Waals surface area contributed by atoms with Gasteiger partial charge >= 0.3 is 0 Å². The van der Waals surface area contributed by atoms with Crippen LogP contribution in [-0.4, -0.2) is 25.5 Å². The van der Waals surface area contributed by atoms with Crippen molar-refractivity contribution >= 4 is 11.6 Å². The topological polar surface area (TPSA) is 32.3 Å². The van der Waals surface area contributed by atoms with Gasteiger partial charge in [-0.15, -0.1) is 0 Å². The van der Waals surface area contributed by atoms with Crippen molar-refractivity contribution in [3.8, 4) is 0 Å². The Kier molecular flexibility index (Phi) is 4.83. The van der Waals surface area contributed by atoms with Crippen LogP contribution in [0.25, 0.3) is 0 Å². The minimum Gasteiger partial charge on any atom is -0.372 e. The summed E-state index contributed by atoms with van der Waals surface area (Å²) in [5.41, 5.74) is 2.62. The molecule has 0 aliphatic carbocycles. The molecule has 3 heteroatoms. The van der Waals surface area contributed by atoms with Gasteiger partial charge in [0.05, 0.1) is 0 Å². The minimum absolute atomic E-state index is 0.0387. The van der Waals surface area contributed by atoms with Crippen LogP contribution in [0.4, 0.5) is 5.69 Å². The molecule has 1 unspecified atom stereocenters. The van der Waals surface area contributed by atoms with Gasteiger partial charge in [0.15, 0.2) is 0 Å². The summed E-state index contributed by atoms with van der Waals surface area (Å²) in [7, 11) is 0. The van der Waals surface area contributed by atoms with Crippen molar-refractivity contribution < 1.29 is 4.79 Å². The van der Waals surface area contributed by atoms with Crippen LogP contribution in [0, 0.1) is 0 Å². The summed E-state index contributed by atoms with van der Waals surface area (Å²) in [6.45, 7) is 6.78. The van der Waals surface area contributed by atoms with E-state index in [2.05, 4.69) is 41.4 Å². The predicted molar refractivity (Wildman–Crippen MR) is 79.6 cm³/mol. The van der Waals surface area contributed by atoms with E-state index in [0.717, 1.165) is 0 Å².